The van der Waals surface area contributed by atoms with Crippen molar-refractivity contribution < 1.29 is 18.7 Å². The summed E-state index contributed by atoms with van der Waals surface area (Å²) in [6.07, 6.45) is 9.64. The van der Waals surface area contributed by atoms with Crippen molar-refractivity contribution in [1.82, 2.24) is 9.78 Å². The fourth-order valence-corrected chi connectivity index (χ4v) is 5.63. The van der Waals surface area contributed by atoms with E-state index in [-0.39, 0.29) is 17.6 Å². The van der Waals surface area contributed by atoms with Gasteiger partial charge in [0.15, 0.2) is 0 Å². The summed E-state index contributed by atoms with van der Waals surface area (Å²) in [5, 5.41) is 5.29. The second kappa shape index (κ2) is 11.9. The molecule has 1 fully saturated rings. The number of aryl methyl sites for hydroxylation is 1. The molecule has 8 heteroatoms. The van der Waals surface area contributed by atoms with E-state index in [0.717, 1.165) is 59.7 Å². The summed E-state index contributed by atoms with van der Waals surface area (Å²) in [6, 6.07) is 18.6. The maximum atomic E-state index is 15.8. The van der Waals surface area contributed by atoms with Crippen molar-refractivity contribution in [3.8, 4) is 11.1 Å². The molecule has 1 heterocycles. The predicted molar refractivity (Wildman–Crippen MR) is 159 cm³/mol. The maximum absolute atomic E-state index is 15.8. The second-order valence-electron chi connectivity index (χ2n) is 10.4. The van der Waals surface area contributed by atoms with Crippen molar-refractivity contribution in [2.45, 2.75) is 38.0 Å². The van der Waals surface area contributed by atoms with Gasteiger partial charge in [0.25, 0.3) is 0 Å². The zero-order valence-corrected chi connectivity index (χ0v) is 23.1. The third-order valence-electron chi connectivity index (χ3n) is 7.87. The number of aromatic nitrogens is 2. The molecule has 0 bridgehead atoms. The topological polar surface area (TPSA) is 64.4 Å². The largest absolute Gasteiger partial charge is 0.466 e. The Labute approximate surface area is 234 Å². The highest BCUT2D eigenvalue weighted by atomic mass is 19.1. The molecule has 1 aromatic heterocycles. The number of fused-ring (bicyclic) bond motifs is 1. The van der Waals surface area contributed by atoms with Gasteiger partial charge in [-0.05, 0) is 65.9 Å². The normalized spacial score (nSPS) is 14.9. The van der Waals surface area contributed by atoms with Gasteiger partial charge in [0.1, 0.15) is 13.7 Å². The summed E-state index contributed by atoms with van der Waals surface area (Å²) < 4.78 is 22.3. The molecule has 5 rings (SSSR count). The van der Waals surface area contributed by atoms with Gasteiger partial charge >= 0.3 is 5.97 Å². The molecule has 0 aliphatic heterocycles. The molecule has 1 unspecified atom stereocenters. The number of amides is 1. The molecular weight excluding hydrogens is 504 g/mol. The first kappa shape index (κ1) is 27.4. The molecule has 0 N–H and O–H groups in total. The monoisotopic (exact) mass is 537 g/mol. The lowest BCUT2D eigenvalue weighted by atomic mass is 9.82. The van der Waals surface area contributed by atoms with Gasteiger partial charge in [0.2, 0.25) is 5.91 Å². The first-order chi connectivity index (χ1) is 19.4. The Hall–Kier alpha value is -4.20. The Bertz CT molecular complexity index is 1570. The summed E-state index contributed by atoms with van der Waals surface area (Å²) >= 11 is 0. The van der Waals surface area contributed by atoms with Crippen LogP contribution < -0.4 is 4.90 Å². The summed E-state index contributed by atoms with van der Waals surface area (Å²) in [6.45, 7) is 0. The van der Waals surface area contributed by atoms with Crippen molar-refractivity contribution in [1.29, 1.82) is 0 Å². The van der Waals surface area contributed by atoms with E-state index in [1.54, 1.807) is 29.3 Å². The van der Waals surface area contributed by atoms with Gasteiger partial charge in [-0.3, -0.25) is 9.48 Å². The molecule has 1 atom stereocenters. The smallest absolute Gasteiger partial charge is 0.330 e. The summed E-state index contributed by atoms with van der Waals surface area (Å²) in [5.41, 5.74) is 4.54. The van der Waals surface area contributed by atoms with Gasteiger partial charge in [-0.2, -0.15) is 5.10 Å². The van der Waals surface area contributed by atoms with Crippen LogP contribution in [-0.4, -0.2) is 36.6 Å². The average Bonchev–Trinajstić information content (AvgIpc) is 3.36. The Morgan fingerprint density at radius 2 is 1.82 bits per heavy atom. The van der Waals surface area contributed by atoms with E-state index in [4.69, 9.17) is 4.74 Å². The molecule has 0 saturated heterocycles. The zero-order valence-electron chi connectivity index (χ0n) is 23.1. The number of nitrogens with zero attached hydrogens (tertiary/aromatic N) is 3. The Morgan fingerprint density at radius 3 is 2.58 bits per heavy atom. The molecule has 0 radical (unpaired) electrons. The van der Waals surface area contributed by atoms with E-state index in [1.165, 1.54) is 13.2 Å². The van der Waals surface area contributed by atoms with Crippen LogP contribution in [0.1, 0.15) is 49.2 Å². The van der Waals surface area contributed by atoms with Gasteiger partial charge in [-0.15, -0.1) is 0 Å². The SMILES string of the molecule is BC(c1ccc(-c2ccc3c(cnn3C)c2)cc1F)N(C(=O)C1CCCCC1)c1cccc(/C=C/C(=O)OC)c1. The lowest BCUT2D eigenvalue weighted by Gasteiger charge is -2.35. The molecule has 1 saturated carbocycles. The molecule has 3 aromatic carbocycles. The highest BCUT2D eigenvalue weighted by molar-refractivity contribution is 6.18. The van der Waals surface area contributed by atoms with Crippen LogP contribution in [0, 0.1) is 11.7 Å². The average molecular weight is 537 g/mol. The van der Waals surface area contributed by atoms with Crippen LogP contribution in [0.25, 0.3) is 28.1 Å². The molecule has 204 valence electrons. The zero-order chi connectivity index (χ0) is 28.2. The Kier molecular flexibility index (Phi) is 8.15. The van der Waals surface area contributed by atoms with Crippen molar-refractivity contribution in [2.75, 3.05) is 12.0 Å². The molecule has 0 spiro atoms. The lowest BCUT2D eigenvalue weighted by molar-refractivity contribution is -0.134. The predicted octanol–water partition coefficient (Wildman–Crippen LogP) is 5.81. The van der Waals surface area contributed by atoms with Crippen LogP contribution in [0.5, 0.6) is 0 Å². The van der Waals surface area contributed by atoms with E-state index in [9.17, 15) is 9.59 Å². The minimum Gasteiger partial charge on any atom is -0.466 e. The Balaban J connectivity index is 1.49. The van der Waals surface area contributed by atoms with E-state index >= 15 is 4.39 Å². The highest BCUT2D eigenvalue weighted by Gasteiger charge is 2.31. The second-order valence-corrected chi connectivity index (χ2v) is 10.4. The number of anilines is 1. The first-order valence-corrected chi connectivity index (χ1v) is 13.8. The van der Waals surface area contributed by atoms with E-state index in [0.29, 0.717) is 11.3 Å². The van der Waals surface area contributed by atoms with Crippen LogP contribution >= 0.6 is 0 Å². The van der Waals surface area contributed by atoms with Crippen molar-refractivity contribution in [3.63, 3.8) is 0 Å². The summed E-state index contributed by atoms with van der Waals surface area (Å²) in [4.78, 5) is 27.3. The molecule has 1 aliphatic carbocycles. The van der Waals surface area contributed by atoms with E-state index < -0.39 is 11.9 Å². The van der Waals surface area contributed by atoms with Gasteiger partial charge in [0, 0.05) is 41.6 Å². The molecule has 1 aliphatic rings. The quantitative estimate of drug-likeness (QED) is 0.170. The third kappa shape index (κ3) is 5.71. The number of carbonyl (C=O) groups is 2. The standard InChI is InChI=1S/C32H33BFN3O3/c1-36-29-15-13-23(18-25(29)20-35-36)24-12-14-27(28(34)19-24)31(33)37(32(39)22-8-4-3-5-9-22)26-10-6-7-21(17-26)11-16-30(38)40-2/h6-7,10-20,22,31H,3-5,8-9,33H2,1-2H3/b16-11+. The number of hydrogen-bond acceptors (Lipinski definition) is 4. The first-order valence-electron chi connectivity index (χ1n) is 13.8. The summed E-state index contributed by atoms with van der Waals surface area (Å²) in [5.74, 6) is -1.45. The van der Waals surface area contributed by atoms with Gasteiger partial charge in [-0.25, -0.2) is 9.18 Å². The minimum atomic E-state index is -0.538. The maximum Gasteiger partial charge on any atom is 0.330 e. The van der Waals surface area contributed by atoms with Crippen molar-refractivity contribution in [2.24, 2.45) is 13.0 Å². The molecule has 1 amide bonds. The number of rotatable bonds is 7. The van der Waals surface area contributed by atoms with E-state index in [1.807, 2.05) is 68.1 Å². The highest BCUT2D eigenvalue weighted by Crippen LogP contribution is 2.35. The number of esters is 1. The van der Waals surface area contributed by atoms with Crippen LogP contribution in [0.15, 0.2) is 72.9 Å². The Morgan fingerprint density at radius 1 is 1.07 bits per heavy atom. The molecule has 4 aromatic rings. The van der Waals surface area contributed by atoms with Crippen LogP contribution in [0.4, 0.5) is 10.1 Å². The molecular formula is C32H33BFN3O3. The van der Waals surface area contributed by atoms with E-state index in [2.05, 4.69) is 5.10 Å². The van der Waals surface area contributed by atoms with Gasteiger partial charge in [0.05, 0.1) is 18.8 Å². The van der Waals surface area contributed by atoms with Crippen molar-refractivity contribution in [3.05, 3.63) is 89.9 Å². The number of benzene rings is 3. The number of hydrogen-bond donors (Lipinski definition) is 0. The van der Waals surface area contributed by atoms with Crippen molar-refractivity contribution >= 4 is 42.4 Å². The van der Waals surface area contributed by atoms with Gasteiger partial charge in [-0.1, -0.05) is 49.6 Å². The van der Waals surface area contributed by atoms with Crippen LogP contribution in [0.3, 0.4) is 0 Å². The fraction of sp³-hybridized carbons (Fsp3) is 0.281. The number of halogens is 1. The minimum absolute atomic E-state index is 0.00630. The fourth-order valence-electron chi connectivity index (χ4n) is 5.63. The van der Waals surface area contributed by atoms with Gasteiger partial charge < -0.3 is 9.64 Å². The number of carbonyl (C=O) groups excluding carboxylic acids is 2. The third-order valence-corrected chi connectivity index (χ3v) is 7.87. The lowest BCUT2D eigenvalue weighted by Crippen LogP contribution is -2.40. The number of methoxy groups -OCH3 is 1. The summed E-state index contributed by atoms with van der Waals surface area (Å²) in [7, 11) is 5.09. The van der Waals surface area contributed by atoms with Crippen LogP contribution in [-0.2, 0) is 21.4 Å². The molecule has 6 nitrogen and oxygen atoms in total. The van der Waals surface area contributed by atoms with Crippen LogP contribution in [0.2, 0.25) is 0 Å². The molecule has 40 heavy (non-hydrogen) atoms. The number of ether oxygens (including phenoxy) is 1.